The Bertz CT molecular complexity index is 1390. The minimum absolute atomic E-state index is 0.0136. The molecule has 2 aromatic carbocycles. The number of halogens is 1. The van der Waals surface area contributed by atoms with E-state index in [2.05, 4.69) is 14.9 Å². The van der Waals surface area contributed by atoms with Crippen LogP contribution in [0.25, 0.3) is 0 Å². The first-order valence-corrected chi connectivity index (χ1v) is 13.4. The Labute approximate surface area is 213 Å². The van der Waals surface area contributed by atoms with Crippen molar-refractivity contribution in [2.24, 2.45) is 11.5 Å². The van der Waals surface area contributed by atoms with Crippen molar-refractivity contribution in [1.82, 2.24) is 9.97 Å². The highest BCUT2D eigenvalue weighted by atomic mass is 35.5. The lowest BCUT2D eigenvalue weighted by molar-refractivity contribution is 0.0997. The van der Waals surface area contributed by atoms with Crippen molar-refractivity contribution in [1.29, 1.82) is 0 Å². The molecule has 184 valence electrons. The SMILES string of the molecule is CC1(N)CCN(c2cnc(Sc3cccc(S(=O)(=O)c4ccccc4C(N)=O)c3Cl)c(N)n2)CC1. The maximum atomic E-state index is 13.3. The van der Waals surface area contributed by atoms with Crippen molar-refractivity contribution < 1.29 is 13.2 Å². The Hall–Kier alpha value is -2.86. The number of piperidine rings is 1. The van der Waals surface area contributed by atoms with Gasteiger partial charge in [-0.05, 0) is 44.0 Å². The van der Waals surface area contributed by atoms with Crippen molar-refractivity contribution in [2.75, 3.05) is 23.7 Å². The van der Waals surface area contributed by atoms with Crippen LogP contribution in [0.3, 0.4) is 0 Å². The standard InChI is InChI=1S/C23H25ClN6O3S2/c1-23(27)9-11-30(12-10-23)18-13-28-22(20(25)29-18)34-15-6-4-8-17(19(15)24)35(32,33)16-7-3-2-5-14(16)21(26)31/h2-8,13H,9-12,27H2,1H3,(H2,25,29)(H2,26,31). The fraction of sp³-hybridized carbons (Fsp3) is 0.261. The number of carbonyl (C=O) groups excluding carboxylic acids is 1. The summed E-state index contributed by atoms with van der Waals surface area (Å²) in [5.41, 5.74) is 17.5. The van der Waals surface area contributed by atoms with Gasteiger partial charge in [-0.2, -0.15) is 0 Å². The molecule has 0 atom stereocenters. The smallest absolute Gasteiger partial charge is 0.250 e. The number of carbonyl (C=O) groups is 1. The molecule has 12 heteroatoms. The molecule has 1 amide bonds. The zero-order chi connectivity index (χ0) is 25.4. The Morgan fingerprint density at radius 2 is 1.77 bits per heavy atom. The lowest BCUT2D eigenvalue weighted by Crippen LogP contribution is -2.48. The number of nitrogens with two attached hydrogens (primary N) is 3. The molecule has 0 spiro atoms. The first kappa shape index (κ1) is 25.2. The molecule has 1 aliphatic heterocycles. The van der Waals surface area contributed by atoms with Crippen LogP contribution in [0, 0.1) is 0 Å². The highest BCUT2D eigenvalue weighted by molar-refractivity contribution is 7.99. The zero-order valence-electron chi connectivity index (χ0n) is 18.9. The molecule has 6 N–H and O–H groups in total. The molecule has 35 heavy (non-hydrogen) atoms. The molecular weight excluding hydrogens is 508 g/mol. The van der Waals surface area contributed by atoms with Gasteiger partial charge < -0.3 is 22.1 Å². The lowest BCUT2D eigenvalue weighted by Gasteiger charge is -2.37. The summed E-state index contributed by atoms with van der Waals surface area (Å²) in [6.07, 6.45) is 3.30. The summed E-state index contributed by atoms with van der Waals surface area (Å²) in [7, 11) is -4.13. The van der Waals surface area contributed by atoms with Crippen LogP contribution in [0.1, 0.15) is 30.1 Å². The fourth-order valence-electron chi connectivity index (χ4n) is 3.76. The van der Waals surface area contributed by atoms with Crippen LogP contribution in [0.5, 0.6) is 0 Å². The number of aromatic nitrogens is 2. The molecule has 2 heterocycles. The van der Waals surface area contributed by atoms with Crippen LogP contribution in [-0.2, 0) is 9.84 Å². The van der Waals surface area contributed by atoms with Gasteiger partial charge >= 0.3 is 0 Å². The van der Waals surface area contributed by atoms with E-state index in [9.17, 15) is 13.2 Å². The van der Waals surface area contributed by atoms with Crippen LogP contribution < -0.4 is 22.1 Å². The molecule has 1 aliphatic rings. The number of hydrogen-bond acceptors (Lipinski definition) is 9. The van der Waals surface area contributed by atoms with Crippen LogP contribution >= 0.6 is 23.4 Å². The van der Waals surface area contributed by atoms with E-state index in [0.717, 1.165) is 37.7 Å². The predicted molar refractivity (Wildman–Crippen MR) is 136 cm³/mol. The summed E-state index contributed by atoms with van der Waals surface area (Å²) in [6, 6.07) is 10.3. The van der Waals surface area contributed by atoms with Crippen molar-refractivity contribution in [3.63, 3.8) is 0 Å². The molecule has 0 aliphatic carbocycles. The van der Waals surface area contributed by atoms with Crippen molar-refractivity contribution in [2.45, 2.75) is 45.0 Å². The normalized spacial score (nSPS) is 15.7. The largest absolute Gasteiger partial charge is 0.381 e. The molecule has 0 radical (unpaired) electrons. The summed E-state index contributed by atoms with van der Waals surface area (Å²) in [5, 5.41) is 0.378. The third-order valence-electron chi connectivity index (χ3n) is 5.85. The van der Waals surface area contributed by atoms with Crippen molar-refractivity contribution in [3.8, 4) is 0 Å². The topological polar surface area (TPSA) is 158 Å². The van der Waals surface area contributed by atoms with E-state index in [0.29, 0.717) is 15.7 Å². The second-order valence-corrected chi connectivity index (χ2v) is 11.9. The highest BCUT2D eigenvalue weighted by Crippen LogP contribution is 2.40. The minimum atomic E-state index is -4.13. The van der Waals surface area contributed by atoms with Crippen LogP contribution in [0.4, 0.5) is 11.6 Å². The van der Waals surface area contributed by atoms with E-state index < -0.39 is 15.7 Å². The van der Waals surface area contributed by atoms with Crippen LogP contribution in [0.2, 0.25) is 5.02 Å². The van der Waals surface area contributed by atoms with E-state index in [1.807, 2.05) is 6.92 Å². The molecule has 1 aromatic heterocycles. The second kappa shape index (κ2) is 9.65. The van der Waals surface area contributed by atoms with Crippen molar-refractivity contribution >= 4 is 50.7 Å². The van der Waals surface area contributed by atoms with Gasteiger partial charge in [-0.1, -0.05) is 41.6 Å². The summed E-state index contributed by atoms with van der Waals surface area (Å²) in [6.45, 7) is 3.55. The van der Waals surface area contributed by atoms with Gasteiger partial charge in [-0.3, -0.25) is 4.79 Å². The third kappa shape index (κ3) is 5.22. The maximum absolute atomic E-state index is 13.3. The van der Waals surface area contributed by atoms with Gasteiger partial charge in [0.2, 0.25) is 15.7 Å². The quantitative estimate of drug-likeness (QED) is 0.433. The summed E-state index contributed by atoms with van der Waals surface area (Å²) in [4.78, 5) is 22.9. The number of nitrogen functional groups attached to an aromatic ring is 1. The minimum Gasteiger partial charge on any atom is -0.381 e. The molecular formula is C23H25ClN6O3S2. The molecule has 0 bridgehead atoms. The average molecular weight is 533 g/mol. The van der Waals surface area contributed by atoms with E-state index in [4.69, 9.17) is 28.8 Å². The number of sulfone groups is 1. The lowest BCUT2D eigenvalue weighted by atomic mass is 9.91. The highest BCUT2D eigenvalue weighted by Gasteiger charge is 2.28. The Morgan fingerprint density at radius 1 is 1.11 bits per heavy atom. The Balaban J connectivity index is 1.62. The third-order valence-corrected chi connectivity index (χ3v) is 9.40. The van der Waals surface area contributed by atoms with Gasteiger partial charge in [0.15, 0.2) is 5.82 Å². The number of benzene rings is 2. The van der Waals surface area contributed by atoms with Gasteiger partial charge in [-0.15, -0.1) is 0 Å². The van der Waals surface area contributed by atoms with E-state index in [1.165, 1.54) is 30.3 Å². The van der Waals surface area contributed by atoms with Crippen LogP contribution in [0.15, 0.2) is 68.4 Å². The first-order valence-electron chi connectivity index (χ1n) is 10.8. The van der Waals surface area contributed by atoms with Crippen LogP contribution in [-0.4, -0.2) is 42.9 Å². The number of hydrogen-bond donors (Lipinski definition) is 3. The number of nitrogens with zero attached hydrogens (tertiary/aromatic N) is 3. The van der Waals surface area contributed by atoms with E-state index in [-0.39, 0.29) is 31.7 Å². The number of primary amides is 1. The van der Waals surface area contributed by atoms with Gasteiger partial charge in [-0.25, -0.2) is 18.4 Å². The number of anilines is 2. The zero-order valence-corrected chi connectivity index (χ0v) is 21.3. The van der Waals surface area contributed by atoms with E-state index in [1.54, 1.807) is 18.3 Å². The Morgan fingerprint density at radius 3 is 2.43 bits per heavy atom. The first-order chi connectivity index (χ1) is 16.5. The average Bonchev–Trinajstić information content (AvgIpc) is 2.81. The molecule has 3 aromatic rings. The van der Waals surface area contributed by atoms with Gasteiger partial charge in [0, 0.05) is 23.5 Å². The van der Waals surface area contributed by atoms with Gasteiger partial charge in [0.05, 0.1) is 26.6 Å². The molecule has 0 unspecified atom stereocenters. The summed E-state index contributed by atoms with van der Waals surface area (Å²) < 4.78 is 26.7. The summed E-state index contributed by atoms with van der Waals surface area (Å²) in [5.74, 6) is 0.0172. The van der Waals surface area contributed by atoms with Crippen molar-refractivity contribution in [3.05, 3.63) is 59.2 Å². The molecule has 9 nitrogen and oxygen atoms in total. The van der Waals surface area contributed by atoms with E-state index >= 15 is 0 Å². The number of amides is 1. The monoisotopic (exact) mass is 532 g/mol. The maximum Gasteiger partial charge on any atom is 0.250 e. The predicted octanol–water partition coefficient (Wildman–Crippen LogP) is 3.11. The molecule has 0 saturated carbocycles. The summed E-state index contributed by atoms with van der Waals surface area (Å²) >= 11 is 7.64. The second-order valence-electron chi connectivity index (χ2n) is 8.59. The van der Waals surface area contributed by atoms with Gasteiger partial charge in [0.1, 0.15) is 10.8 Å². The molecule has 1 fully saturated rings. The fourth-order valence-corrected chi connectivity index (χ4v) is 6.74. The molecule has 1 saturated heterocycles. The Kier molecular flexibility index (Phi) is 6.96. The number of rotatable bonds is 6. The molecule has 4 rings (SSSR count). The van der Waals surface area contributed by atoms with Gasteiger partial charge in [0.25, 0.3) is 0 Å².